The molecule has 0 aliphatic carbocycles. The average Bonchev–Trinajstić information content (AvgIpc) is 2.55. The number of rotatable bonds is 5. The van der Waals surface area contributed by atoms with Gasteiger partial charge in [0.15, 0.2) is 0 Å². The number of hydrogen-bond donors (Lipinski definition) is 1. The van der Waals surface area contributed by atoms with Gasteiger partial charge in [-0.15, -0.1) is 11.8 Å². The lowest BCUT2D eigenvalue weighted by atomic mass is 10.1. The Labute approximate surface area is 139 Å². The minimum atomic E-state index is 0.458. The molecule has 0 aliphatic rings. The van der Waals surface area contributed by atoms with Crippen molar-refractivity contribution in [2.24, 2.45) is 5.73 Å². The topological polar surface area (TPSA) is 59.0 Å². The SMILES string of the molecule is COc1ccc(/C(C#N)=C(/N)SCc2ccccc2Cl)cc1. The largest absolute Gasteiger partial charge is 0.497 e. The predicted octanol–water partition coefficient (Wildman–Crippen LogP) is 4.43. The van der Waals surface area contributed by atoms with Crippen molar-refractivity contribution in [3.8, 4) is 11.8 Å². The monoisotopic (exact) mass is 330 g/mol. The Bertz CT molecular complexity index is 720. The smallest absolute Gasteiger partial charge is 0.118 e. The van der Waals surface area contributed by atoms with E-state index in [4.69, 9.17) is 22.1 Å². The molecule has 0 fully saturated rings. The first-order chi connectivity index (χ1) is 10.7. The number of methoxy groups -OCH3 is 1. The Hall–Kier alpha value is -2.09. The van der Waals surface area contributed by atoms with Gasteiger partial charge in [-0.2, -0.15) is 5.26 Å². The predicted molar refractivity (Wildman–Crippen MR) is 92.5 cm³/mol. The summed E-state index contributed by atoms with van der Waals surface area (Å²) >= 11 is 7.52. The van der Waals surface area contributed by atoms with Crippen LogP contribution in [0.3, 0.4) is 0 Å². The molecule has 0 aliphatic heterocycles. The van der Waals surface area contributed by atoms with Gasteiger partial charge in [0.1, 0.15) is 11.8 Å². The van der Waals surface area contributed by atoms with Gasteiger partial charge in [0.25, 0.3) is 0 Å². The lowest BCUT2D eigenvalue weighted by Crippen LogP contribution is -1.98. The third-order valence-electron chi connectivity index (χ3n) is 3.08. The van der Waals surface area contributed by atoms with Crippen molar-refractivity contribution in [2.75, 3.05) is 7.11 Å². The van der Waals surface area contributed by atoms with Crippen LogP contribution in [-0.4, -0.2) is 7.11 Å². The fourth-order valence-electron chi connectivity index (χ4n) is 1.86. The van der Waals surface area contributed by atoms with Crippen LogP contribution < -0.4 is 10.5 Å². The van der Waals surface area contributed by atoms with Crippen LogP contribution in [0.1, 0.15) is 11.1 Å². The van der Waals surface area contributed by atoms with Gasteiger partial charge in [0, 0.05) is 10.8 Å². The zero-order valence-corrected chi connectivity index (χ0v) is 13.6. The van der Waals surface area contributed by atoms with Crippen LogP contribution in [0.15, 0.2) is 53.6 Å². The van der Waals surface area contributed by atoms with E-state index in [9.17, 15) is 5.26 Å². The van der Waals surface area contributed by atoms with E-state index < -0.39 is 0 Å². The van der Waals surface area contributed by atoms with Gasteiger partial charge in [0.05, 0.1) is 17.7 Å². The summed E-state index contributed by atoms with van der Waals surface area (Å²) in [5.41, 5.74) is 8.29. The second-order valence-electron chi connectivity index (χ2n) is 4.46. The Morgan fingerprint density at radius 1 is 1.23 bits per heavy atom. The van der Waals surface area contributed by atoms with Gasteiger partial charge in [-0.05, 0) is 41.5 Å². The highest BCUT2D eigenvalue weighted by Crippen LogP contribution is 2.28. The van der Waals surface area contributed by atoms with Gasteiger partial charge in [0.2, 0.25) is 0 Å². The van der Waals surface area contributed by atoms with Crippen LogP contribution in [-0.2, 0) is 5.75 Å². The standard InChI is InChI=1S/C17H15ClN2OS/c1-21-14-8-6-12(7-9-14)15(10-19)17(20)22-11-13-4-2-3-5-16(13)18/h2-9H,11,20H2,1H3/b17-15-. The van der Waals surface area contributed by atoms with Crippen molar-refractivity contribution in [2.45, 2.75) is 5.75 Å². The molecule has 0 atom stereocenters. The molecule has 2 aromatic carbocycles. The summed E-state index contributed by atoms with van der Waals surface area (Å²) in [7, 11) is 1.60. The minimum absolute atomic E-state index is 0.458. The van der Waals surface area contributed by atoms with E-state index in [-0.39, 0.29) is 0 Å². The maximum atomic E-state index is 9.37. The summed E-state index contributed by atoms with van der Waals surface area (Å²) in [6.45, 7) is 0. The van der Waals surface area contributed by atoms with E-state index in [1.54, 1.807) is 19.2 Å². The van der Waals surface area contributed by atoms with Crippen molar-refractivity contribution in [1.82, 2.24) is 0 Å². The van der Waals surface area contributed by atoms with E-state index in [2.05, 4.69) is 6.07 Å². The quantitative estimate of drug-likeness (QED) is 0.824. The molecule has 2 aromatic rings. The second-order valence-corrected chi connectivity index (χ2v) is 5.88. The van der Waals surface area contributed by atoms with Gasteiger partial charge in [-0.25, -0.2) is 0 Å². The first kappa shape index (κ1) is 16.3. The Balaban J connectivity index is 2.18. The van der Waals surface area contributed by atoms with Crippen molar-refractivity contribution in [3.05, 3.63) is 69.7 Å². The summed E-state index contributed by atoms with van der Waals surface area (Å²) in [4.78, 5) is 0. The average molecular weight is 331 g/mol. The molecule has 0 saturated heterocycles. The Morgan fingerprint density at radius 3 is 2.50 bits per heavy atom. The number of nitrogens with zero attached hydrogens (tertiary/aromatic N) is 1. The van der Waals surface area contributed by atoms with Crippen molar-refractivity contribution in [1.29, 1.82) is 5.26 Å². The molecule has 0 amide bonds. The third kappa shape index (κ3) is 3.97. The summed E-state index contributed by atoms with van der Waals surface area (Å²) in [6, 6.07) is 17.0. The van der Waals surface area contributed by atoms with Crippen LogP contribution >= 0.6 is 23.4 Å². The van der Waals surface area contributed by atoms with E-state index in [1.807, 2.05) is 36.4 Å². The first-order valence-corrected chi connectivity index (χ1v) is 7.92. The fourth-order valence-corrected chi connectivity index (χ4v) is 3.02. The summed E-state index contributed by atoms with van der Waals surface area (Å²) < 4.78 is 5.11. The molecule has 22 heavy (non-hydrogen) atoms. The van der Waals surface area contributed by atoms with Crippen LogP contribution in [0.2, 0.25) is 5.02 Å². The molecule has 5 heteroatoms. The maximum absolute atomic E-state index is 9.37. The highest BCUT2D eigenvalue weighted by Gasteiger charge is 2.08. The Kier molecular flexibility index (Phi) is 5.76. The highest BCUT2D eigenvalue weighted by atomic mass is 35.5. The van der Waals surface area contributed by atoms with Crippen molar-refractivity contribution >= 4 is 28.9 Å². The van der Waals surface area contributed by atoms with Crippen LogP contribution in [0, 0.1) is 11.3 Å². The van der Waals surface area contributed by atoms with Gasteiger partial charge < -0.3 is 10.5 Å². The molecule has 0 radical (unpaired) electrons. The number of hydrogen-bond acceptors (Lipinski definition) is 4. The summed E-state index contributed by atoms with van der Waals surface area (Å²) in [5, 5.41) is 10.5. The number of nitriles is 1. The highest BCUT2D eigenvalue weighted by molar-refractivity contribution is 8.02. The lowest BCUT2D eigenvalue weighted by Gasteiger charge is -2.08. The van der Waals surface area contributed by atoms with Crippen LogP contribution in [0.5, 0.6) is 5.75 Å². The fraction of sp³-hybridized carbons (Fsp3) is 0.118. The number of ether oxygens (including phenoxy) is 1. The van der Waals surface area contributed by atoms with Crippen LogP contribution in [0.4, 0.5) is 0 Å². The molecule has 2 N–H and O–H groups in total. The molecule has 0 spiro atoms. The summed E-state index contributed by atoms with van der Waals surface area (Å²) in [6.07, 6.45) is 0. The van der Waals surface area contributed by atoms with Gasteiger partial charge in [-0.3, -0.25) is 0 Å². The molecule has 0 unspecified atom stereocenters. The number of nitrogens with two attached hydrogens (primary N) is 1. The molecule has 0 aromatic heterocycles. The maximum Gasteiger partial charge on any atom is 0.118 e. The molecular formula is C17H15ClN2OS. The van der Waals surface area contributed by atoms with E-state index in [0.29, 0.717) is 21.4 Å². The summed E-state index contributed by atoms with van der Waals surface area (Å²) in [5.74, 6) is 1.36. The number of halogens is 1. The molecule has 0 saturated carbocycles. The van der Waals surface area contributed by atoms with E-state index >= 15 is 0 Å². The minimum Gasteiger partial charge on any atom is -0.497 e. The second kappa shape index (κ2) is 7.79. The number of benzene rings is 2. The van der Waals surface area contributed by atoms with Crippen molar-refractivity contribution in [3.63, 3.8) is 0 Å². The molecule has 112 valence electrons. The van der Waals surface area contributed by atoms with Crippen molar-refractivity contribution < 1.29 is 4.74 Å². The molecule has 2 rings (SSSR count). The number of thioether (sulfide) groups is 1. The van der Waals surface area contributed by atoms with E-state index in [1.165, 1.54) is 11.8 Å². The van der Waals surface area contributed by atoms with E-state index in [0.717, 1.165) is 16.9 Å². The van der Waals surface area contributed by atoms with Gasteiger partial charge >= 0.3 is 0 Å². The zero-order valence-electron chi connectivity index (χ0n) is 12.0. The molecule has 0 bridgehead atoms. The van der Waals surface area contributed by atoms with Crippen LogP contribution in [0.25, 0.3) is 5.57 Å². The Morgan fingerprint density at radius 2 is 1.91 bits per heavy atom. The third-order valence-corrected chi connectivity index (χ3v) is 4.42. The van der Waals surface area contributed by atoms with Gasteiger partial charge in [-0.1, -0.05) is 29.8 Å². The number of allylic oxidation sites excluding steroid dienone is 1. The first-order valence-electron chi connectivity index (χ1n) is 6.56. The normalized spacial score (nSPS) is 11.5. The molecular weight excluding hydrogens is 316 g/mol. The molecule has 0 heterocycles. The molecule has 3 nitrogen and oxygen atoms in total. The zero-order chi connectivity index (χ0) is 15.9. The lowest BCUT2D eigenvalue weighted by molar-refractivity contribution is 0.415.